The summed E-state index contributed by atoms with van der Waals surface area (Å²) in [5.74, 6) is 0.399. The molecule has 0 spiro atoms. The minimum Gasteiger partial charge on any atom is -0.355 e. The van der Waals surface area contributed by atoms with Gasteiger partial charge in [-0.2, -0.15) is 13.2 Å². The van der Waals surface area contributed by atoms with Gasteiger partial charge in [-0.15, -0.1) is 0 Å². The van der Waals surface area contributed by atoms with Crippen LogP contribution in [-0.2, 0) is 16.0 Å². The van der Waals surface area contributed by atoms with E-state index in [1.54, 1.807) is 7.05 Å². The van der Waals surface area contributed by atoms with E-state index in [9.17, 15) is 21.6 Å². The third-order valence-electron chi connectivity index (χ3n) is 3.17. The molecule has 8 nitrogen and oxygen atoms in total. The molecule has 3 N–H and O–H groups in total. The van der Waals surface area contributed by atoms with Crippen molar-refractivity contribution in [1.29, 1.82) is 0 Å². The van der Waals surface area contributed by atoms with Gasteiger partial charge in [0.1, 0.15) is 15.5 Å². The number of nitrogens with zero attached hydrogens (tertiary/aromatic N) is 3. The Kier molecular flexibility index (Phi) is 8.06. The molecule has 0 aliphatic carbocycles. The second-order valence-corrected chi connectivity index (χ2v) is 7.91. The molecule has 1 unspecified atom stereocenters. The quantitative estimate of drug-likeness (QED) is 0.340. The fourth-order valence-corrected chi connectivity index (χ4v) is 2.63. The fraction of sp³-hybridized carbons (Fsp3) is 0.643. The molecule has 0 saturated heterocycles. The molecule has 12 heteroatoms. The maximum absolute atomic E-state index is 12.6. The topological polar surface area (TPSA) is 108 Å². The summed E-state index contributed by atoms with van der Waals surface area (Å²) in [5.41, 5.74) is -1.01. The Morgan fingerprint density at radius 3 is 2.62 bits per heavy atom. The zero-order valence-electron chi connectivity index (χ0n) is 14.8. The van der Waals surface area contributed by atoms with Crippen LogP contribution in [0.5, 0.6) is 0 Å². The van der Waals surface area contributed by atoms with Gasteiger partial charge in [0, 0.05) is 38.6 Å². The van der Waals surface area contributed by atoms with Crippen LogP contribution in [0.2, 0.25) is 0 Å². The van der Waals surface area contributed by atoms with Crippen molar-refractivity contribution in [2.45, 2.75) is 25.6 Å². The van der Waals surface area contributed by atoms with E-state index in [0.29, 0.717) is 18.9 Å². The predicted octanol–water partition coefficient (Wildman–Crippen LogP) is 0.895. The van der Waals surface area contributed by atoms with E-state index in [4.69, 9.17) is 0 Å². The van der Waals surface area contributed by atoms with Crippen LogP contribution in [0.3, 0.4) is 0 Å². The molecule has 0 fully saturated rings. The fourth-order valence-electron chi connectivity index (χ4n) is 1.85. The number of hydrogen-bond donors (Lipinski definition) is 3. The SMILES string of the molecule is CN=C(NCCNc1nccc(C(F)(F)F)n1)NC(C)CCS(C)(=O)=O. The highest BCUT2D eigenvalue weighted by molar-refractivity contribution is 7.90. The largest absolute Gasteiger partial charge is 0.433 e. The summed E-state index contributed by atoms with van der Waals surface area (Å²) in [6, 6.07) is 0.684. The summed E-state index contributed by atoms with van der Waals surface area (Å²) in [6.45, 7) is 2.44. The molecule has 0 aliphatic heterocycles. The second kappa shape index (κ2) is 9.55. The van der Waals surface area contributed by atoms with Crippen LogP contribution >= 0.6 is 0 Å². The van der Waals surface area contributed by atoms with E-state index >= 15 is 0 Å². The number of nitrogens with one attached hydrogen (secondary N) is 3. The van der Waals surface area contributed by atoms with Crippen LogP contribution < -0.4 is 16.0 Å². The van der Waals surface area contributed by atoms with Gasteiger partial charge < -0.3 is 16.0 Å². The predicted molar refractivity (Wildman–Crippen MR) is 93.8 cm³/mol. The van der Waals surface area contributed by atoms with Gasteiger partial charge in [0.25, 0.3) is 0 Å². The normalized spacial score (nSPS) is 14.0. The zero-order valence-corrected chi connectivity index (χ0v) is 15.6. The lowest BCUT2D eigenvalue weighted by molar-refractivity contribution is -0.141. The van der Waals surface area contributed by atoms with E-state index in [-0.39, 0.29) is 24.3 Å². The Balaban J connectivity index is 2.39. The summed E-state index contributed by atoms with van der Waals surface area (Å²) >= 11 is 0. The minimum atomic E-state index is -4.52. The summed E-state index contributed by atoms with van der Waals surface area (Å²) in [4.78, 5) is 11.1. The van der Waals surface area contributed by atoms with E-state index in [1.165, 1.54) is 6.26 Å². The highest BCUT2D eigenvalue weighted by Crippen LogP contribution is 2.27. The Morgan fingerprint density at radius 2 is 2.04 bits per heavy atom. The van der Waals surface area contributed by atoms with Crippen molar-refractivity contribution >= 4 is 21.7 Å². The van der Waals surface area contributed by atoms with Crippen molar-refractivity contribution < 1.29 is 21.6 Å². The number of hydrogen-bond acceptors (Lipinski definition) is 6. The highest BCUT2D eigenvalue weighted by Gasteiger charge is 2.32. The number of alkyl halides is 3. The van der Waals surface area contributed by atoms with Crippen molar-refractivity contribution in [3.05, 3.63) is 18.0 Å². The van der Waals surface area contributed by atoms with Crippen molar-refractivity contribution in [3.8, 4) is 0 Å². The van der Waals surface area contributed by atoms with Gasteiger partial charge in [0.15, 0.2) is 5.96 Å². The van der Waals surface area contributed by atoms with Crippen molar-refractivity contribution in [2.24, 2.45) is 4.99 Å². The number of anilines is 1. The lowest BCUT2D eigenvalue weighted by atomic mass is 10.3. The summed E-state index contributed by atoms with van der Waals surface area (Å²) in [6.07, 6.45) is -1.88. The number of sulfone groups is 1. The molecule has 0 aliphatic rings. The van der Waals surface area contributed by atoms with Gasteiger partial charge in [-0.05, 0) is 19.4 Å². The average Bonchev–Trinajstić information content (AvgIpc) is 2.54. The molecule has 148 valence electrons. The van der Waals surface area contributed by atoms with Crippen LogP contribution in [0.15, 0.2) is 17.3 Å². The molecule has 1 aromatic heterocycles. The molecule has 0 radical (unpaired) electrons. The maximum atomic E-state index is 12.6. The van der Waals surface area contributed by atoms with Crippen LogP contribution in [0, 0.1) is 0 Å². The first-order chi connectivity index (χ1) is 12.0. The first-order valence-electron chi connectivity index (χ1n) is 7.80. The lowest BCUT2D eigenvalue weighted by Gasteiger charge is -2.17. The van der Waals surface area contributed by atoms with Gasteiger partial charge >= 0.3 is 6.18 Å². The molecule has 0 bridgehead atoms. The smallest absolute Gasteiger partial charge is 0.355 e. The molecule has 1 rings (SSSR count). The maximum Gasteiger partial charge on any atom is 0.433 e. The van der Waals surface area contributed by atoms with Crippen LogP contribution in [0.1, 0.15) is 19.0 Å². The lowest BCUT2D eigenvalue weighted by Crippen LogP contribution is -2.44. The van der Waals surface area contributed by atoms with Crippen molar-refractivity contribution in [3.63, 3.8) is 0 Å². The van der Waals surface area contributed by atoms with Crippen LogP contribution in [0.4, 0.5) is 19.1 Å². The Hall–Kier alpha value is -2.11. The van der Waals surface area contributed by atoms with Crippen LogP contribution in [-0.4, -0.2) is 62.5 Å². The third kappa shape index (κ3) is 8.83. The number of rotatable bonds is 8. The van der Waals surface area contributed by atoms with Crippen molar-refractivity contribution in [2.75, 3.05) is 37.5 Å². The molecular weight excluding hydrogens is 373 g/mol. The minimum absolute atomic E-state index is 0.0621. The molecule has 0 amide bonds. The standard InChI is InChI=1S/C14H23F3N6O2S/c1-10(5-9-26(3,24)25)22-12(18-2)20-7-8-21-13-19-6-4-11(23-13)14(15,16)17/h4,6,10H,5,7-9H2,1-3H3,(H2,18,20,22)(H,19,21,23). The Bertz CT molecular complexity index is 709. The second-order valence-electron chi connectivity index (χ2n) is 5.65. The van der Waals surface area contributed by atoms with Gasteiger partial charge in [-0.3, -0.25) is 4.99 Å². The molecule has 26 heavy (non-hydrogen) atoms. The van der Waals surface area contributed by atoms with E-state index < -0.39 is 21.7 Å². The van der Waals surface area contributed by atoms with Crippen molar-refractivity contribution in [1.82, 2.24) is 20.6 Å². The highest BCUT2D eigenvalue weighted by atomic mass is 32.2. The molecule has 1 aromatic rings. The van der Waals surface area contributed by atoms with Gasteiger partial charge in [-0.25, -0.2) is 18.4 Å². The van der Waals surface area contributed by atoms with Gasteiger partial charge in [0.05, 0.1) is 5.75 Å². The molecule has 0 saturated carbocycles. The summed E-state index contributed by atoms with van der Waals surface area (Å²) in [7, 11) is -1.47. The molecule has 0 aromatic carbocycles. The number of halogens is 3. The average molecular weight is 396 g/mol. The summed E-state index contributed by atoms with van der Waals surface area (Å²) < 4.78 is 60.0. The van der Waals surface area contributed by atoms with Crippen LogP contribution in [0.25, 0.3) is 0 Å². The molecule has 1 atom stereocenters. The number of aromatic nitrogens is 2. The third-order valence-corrected chi connectivity index (χ3v) is 4.15. The zero-order chi connectivity index (χ0) is 19.8. The number of aliphatic imine (C=N–C) groups is 1. The van der Waals surface area contributed by atoms with Gasteiger partial charge in [0.2, 0.25) is 5.95 Å². The Morgan fingerprint density at radius 1 is 1.35 bits per heavy atom. The molecule has 1 heterocycles. The van der Waals surface area contributed by atoms with E-state index in [0.717, 1.165) is 12.3 Å². The monoisotopic (exact) mass is 396 g/mol. The van der Waals surface area contributed by atoms with E-state index in [1.807, 2.05) is 6.92 Å². The summed E-state index contributed by atoms with van der Waals surface area (Å²) in [5, 5.41) is 8.68. The number of guanidine groups is 1. The van der Waals surface area contributed by atoms with Gasteiger partial charge in [-0.1, -0.05) is 0 Å². The molecular formula is C14H23F3N6O2S. The first-order valence-corrected chi connectivity index (χ1v) is 9.86. The Labute approximate surface area is 150 Å². The van der Waals surface area contributed by atoms with E-state index in [2.05, 4.69) is 30.9 Å². The first kappa shape index (κ1) is 21.9.